The molecule has 0 bridgehead atoms. The second-order valence-corrected chi connectivity index (χ2v) is 4.31. The zero-order valence-electron chi connectivity index (χ0n) is 11.1. The maximum absolute atomic E-state index is 12.8. The number of nitrogen functional groups attached to an aromatic ring is 1. The molecule has 0 fully saturated rings. The number of halogens is 1. The second-order valence-electron chi connectivity index (χ2n) is 4.31. The number of carboxylic acids is 1. The first-order valence-electron chi connectivity index (χ1n) is 5.92. The lowest BCUT2D eigenvalue weighted by atomic mass is 10.1. The Bertz CT molecular complexity index is 701. The third kappa shape index (κ3) is 2.97. The summed E-state index contributed by atoms with van der Waals surface area (Å²) < 4.78 is 12.8. The molecule has 108 valence electrons. The van der Waals surface area contributed by atoms with E-state index in [1.54, 1.807) is 0 Å². The third-order valence-electron chi connectivity index (χ3n) is 2.86. The summed E-state index contributed by atoms with van der Waals surface area (Å²) in [6, 6.07) is 6.52. The molecule has 0 saturated heterocycles. The lowest BCUT2D eigenvalue weighted by Gasteiger charge is -2.19. The number of nitrogens with zero attached hydrogens (tertiary/aromatic N) is 2. The van der Waals surface area contributed by atoms with Crippen LogP contribution in [-0.4, -0.2) is 29.0 Å². The van der Waals surface area contributed by atoms with Crippen molar-refractivity contribution in [2.75, 3.05) is 17.7 Å². The van der Waals surface area contributed by atoms with Gasteiger partial charge in [0.25, 0.3) is 5.91 Å². The van der Waals surface area contributed by atoms with Gasteiger partial charge in [-0.05, 0) is 30.3 Å². The molecule has 0 atom stereocenters. The molecule has 21 heavy (non-hydrogen) atoms. The molecule has 0 aliphatic carbocycles. The largest absolute Gasteiger partial charge is 0.478 e. The number of carbonyl (C=O) groups excluding carboxylic acids is 1. The zero-order valence-corrected chi connectivity index (χ0v) is 11.1. The van der Waals surface area contributed by atoms with Gasteiger partial charge in [0.1, 0.15) is 11.5 Å². The number of benzene rings is 1. The highest BCUT2D eigenvalue weighted by Crippen LogP contribution is 2.23. The number of aromatic carboxylic acids is 1. The Morgan fingerprint density at radius 1 is 1.29 bits per heavy atom. The number of rotatable bonds is 3. The van der Waals surface area contributed by atoms with Gasteiger partial charge >= 0.3 is 5.97 Å². The fraction of sp³-hybridized carbons (Fsp3) is 0.0714. The van der Waals surface area contributed by atoms with E-state index in [1.807, 2.05) is 0 Å². The maximum Gasteiger partial charge on any atom is 0.337 e. The fourth-order valence-electron chi connectivity index (χ4n) is 1.80. The van der Waals surface area contributed by atoms with E-state index in [0.29, 0.717) is 0 Å². The first kappa shape index (κ1) is 14.4. The predicted octanol–water partition coefficient (Wildman–Crippen LogP) is 1.78. The van der Waals surface area contributed by atoms with Crippen molar-refractivity contribution in [3.05, 3.63) is 53.6 Å². The molecule has 2 aromatic rings. The molecule has 0 aliphatic heterocycles. The topological polar surface area (TPSA) is 96.5 Å². The smallest absolute Gasteiger partial charge is 0.337 e. The number of hydrogen-bond donors (Lipinski definition) is 2. The molecule has 7 heteroatoms. The Hall–Kier alpha value is -2.96. The van der Waals surface area contributed by atoms with Gasteiger partial charge in [-0.15, -0.1) is 0 Å². The van der Waals surface area contributed by atoms with Gasteiger partial charge in [0, 0.05) is 12.7 Å². The summed E-state index contributed by atoms with van der Waals surface area (Å²) in [4.78, 5) is 28.3. The van der Waals surface area contributed by atoms with Crippen LogP contribution in [0.1, 0.15) is 20.8 Å². The van der Waals surface area contributed by atoms with E-state index in [9.17, 15) is 14.0 Å². The lowest BCUT2D eigenvalue weighted by molar-refractivity contribution is 0.0698. The van der Waals surface area contributed by atoms with Crippen molar-refractivity contribution < 1.29 is 19.1 Å². The van der Waals surface area contributed by atoms with Gasteiger partial charge < -0.3 is 15.7 Å². The fourth-order valence-corrected chi connectivity index (χ4v) is 1.80. The number of nitrogens with two attached hydrogens (primary N) is 1. The van der Waals surface area contributed by atoms with Crippen molar-refractivity contribution in [1.82, 2.24) is 4.98 Å². The first-order valence-corrected chi connectivity index (χ1v) is 5.92. The van der Waals surface area contributed by atoms with Crippen LogP contribution in [-0.2, 0) is 0 Å². The van der Waals surface area contributed by atoms with Crippen molar-refractivity contribution in [1.29, 1.82) is 0 Å². The van der Waals surface area contributed by atoms with Crippen molar-refractivity contribution >= 4 is 23.3 Å². The van der Waals surface area contributed by atoms with Gasteiger partial charge in [-0.25, -0.2) is 14.2 Å². The Labute approximate surface area is 119 Å². The number of aromatic nitrogens is 1. The summed E-state index contributed by atoms with van der Waals surface area (Å²) in [7, 11) is 1.41. The summed E-state index contributed by atoms with van der Waals surface area (Å²) in [6.45, 7) is 0. The molecular weight excluding hydrogens is 277 g/mol. The second kappa shape index (κ2) is 5.58. The minimum Gasteiger partial charge on any atom is -0.478 e. The summed E-state index contributed by atoms with van der Waals surface area (Å²) in [6.07, 6.45) is 0.919. The van der Waals surface area contributed by atoms with Gasteiger partial charge in [0.05, 0.1) is 17.4 Å². The molecule has 1 heterocycles. The molecule has 3 N–H and O–H groups in total. The molecule has 0 spiro atoms. The minimum absolute atomic E-state index is 0.00654. The van der Waals surface area contributed by atoms with E-state index in [0.717, 1.165) is 17.2 Å². The quantitative estimate of drug-likeness (QED) is 0.839. The van der Waals surface area contributed by atoms with Gasteiger partial charge in [-0.1, -0.05) is 0 Å². The monoisotopic (exact) mass is 289 g/mol. The summed E-state index contributed by atoms with van der Waals surface area (Å²) in [5, 5.41) is 9.17. The van der Waals surface area contributed by atoms with E-state index in [-0.39, 0.29) is 22.6 Å². The highest BCUT2D eigenvalue weighted by molar-refractivity contribution is 6.08. The van der Waals surface area contributed by atoms with E-state index in [2.05, 4.69) is 4.98 Å². The van der Waals surface area contributed by atoms with Gasteiger partial charge in [0.2, 0.25) is 0 Å². The Kier molecular flexibility index (Phi) is 3.84. The third-order valence-corrected chi connectivity index (χ3v) is 2.86. The average molecular weight is 289 g/mol. The van der Waals surface area contributed by atoms with Gasteiger partial charge in [0.15, 0.2) is 0 Å². The molecule has 1 aromatic heterocycles. The summed E-state index contributed by atoms with van der Waals surface area (Å²) in [5.74, 6) is -2.32. The molecule has 2 rings (SSSR count). The maximum atomic E-state index is 12.8. The molecular formula is C14H12FN3O3. The van der Waals surface area contributed by atoms with Crippen LogP contribution in [0.15, 0.2) is 36.5 Å². The number of amides is 1. The molecule has 6 nitrogen and oxygen atoms in total. The highest BCUT2D eigenvalue weighted by Gasteiger charge is 2.20. The van der Waals surface area contributed by atoms with Crippen LogP contribution in [0.2, 0.25) is 0 Å². The van der Waals surface area contributed by atoms with Crippen LogP contribution in [0.4, 0.5) is 15.8 Å². The SMILES string of the molecule is CN(C(=O)c1ccc(F)cn1)c1ccc(N)cc1C(=O)O. The van der Waals surface area contributed by atoms with Gasteiger partial charge in [-0.3, -0.25) is 4.79 Å². The van der Waals surface area contributed by atoms with Crippen molar-refractivity contribution in [2.24, 2.45) is 0 Å². The molecule has 0 aliphatic rings. The molecule has 0 unspecified atom stereocenters. The van der Waals surface area contributed by atoms with Crippen LogP contribution in [0, 0.1) is 5.82 Å². The van der Waals surface area contributed by atoms with E-state index < -0.39 is 17.7 Å². The zero-order chi connectivity index (χ0) is 15.6. The minimum atomic E-state index is -1.20. The Balaban J connectivity index is 2.40. The molecule has 1 amide bonds. The van der Waals surface area contributed by atoms with Crippen molar-refractivity contribution in [3.8, 4) is 0 Å². The van der Waals surface area contributed by atoms with Crippen LogP contribution in [0.25, 0.3) is 0 Å². The summed E-state index contributed by atoms with van der Waals surface area (Å²) in [5.41, 5.74) is 5.90. The normalized spacial score (nSPS) is 10.2. The molecule has 0 saturated carbocycles. The van der Waals surface area contributed by atoms with Gasteiger partial charge in [-0.2, -0.15) is 0 Å². The summed E-state index contributed by atoms with van der Waals surface area (Å²) >= 11 is 0. The Morgan fingerprint density at radius 2 is 2.00 bits per heavy atom. The lowest BCUT2D eigenvalue weighted by Crippen LogP contribution is -2.28. The molecule has 0 radical (unpaired) electrons. The molecule has 1 aromatic carbocycles. The number of pyridine rings is 1. The van der Waals surface area contributed by atoms with Crippen LogP contribution >= 0.6 is 0 Å². The average Bonchev–Trinajstić information content (AvgIpc) is 2.46. The number of carbonyl (C=O) groups is 2. The standard InChI is InChI=1S/C14H12FN3O3/c1-18(13(19)11-4-2-8(15)7-17-11)12-5-3-9(16)6-10(12)14(20)21/h2-7H,16H2,1H3,(H,20,21). The number of carboxylic acid groups (broad SMARTS) is 1. The van der Waals surface area contributed by atoms with Crippen LogP contribution in [0.3, 0.4) is 0 Å². The van der Waals surface area contributed by atoms with E-state index in [1.165, 1.54) is 31.3 Å². The highest BCUT2D eigenvalue weighted by atomic mass is 19.1. The predicted molar refractivity (Wildman–Crippen MR) is 74.7 cm³/mol. The van der Waals surface area contributed by atoms with E-state index in [4.69, 9.17) is 10.8 Å². The number of anilines is 2. The van der Waals surface area contributed by atoms with Crippen molar-refractivity contribution in [2.45, 2.75) is 0 Å². The Morgan fingerprint density at radius 3 is 2.57 bits per heavy atom. The van der Waals surface area contributed by atoms with Crippen LogP contribution in [0.5, 0.6) is 0 Å². The first-order chi connectivity index (χ1) is 9.90. The van der Waals surface area contributed by atoms with E-state index >= 15 is 0 Å². The van der Waals surface area contributed by atoms with Crippen molar-refractivity contribution in [3.63, 3.8) is 0 Å². The van der Waals surface area contributed by atoms with Crippen LogP contribution < -0.4 is 10.6 Å². The number of hydrogen-bond acceptors (Lipinski definition) is 4.